The molecule has 1 N–H and O–H groups in total. The fourth-order valence-electron chi connectivity index (χ4n) is 3.11. The molecular formula is C20H26N4O3. The lowest BCUT2D eigenvalue weighted by molar-refractivity contribution is 0.102. The van der Waals surface area contributed by atoms with Gasteiger partial charge in [-0.1, -0.05) is 6.92 Å². The Bertz CT molecular complexity index is 771. The molecular weight excluding hydrogens is 344 g/mol. The number of pyridine rings is 1. The van der Waals surface area contributed by atoms with Crippen LogP contribution in [0.5, 0.6) is 11.5 Å². The monoisotopic (exact) mass is 370 g/mol. The number of aromatic nitrogens is 1. The molecule has 0 unspecified atom stereocenters. The van der Waals surface area contributed by atoms with Gasteiger partial charge in [0.2, 0.25) is 0 Å². The second kappa shape index (κ2) is 8.73. The molecule has 1 amide bonds. The third-order valence-electron chi connectivity index (χ3n) is 4.81. The molecule has 0 aliphatic carbocycles. The summed E-state index contributed by atoms with van der Waals surface area (Å²) in [5.41, 5.74) is 1.05. The molecule has 1 saturated heterocycles. The molecule has 7 heteroatoms. The molecule has 3 rings (SSSR count). The number of carbonyl (C=O) groups excluding carboxylic acids is 1. The van der Waals surface area contributed by atoms with E-state index in [0.717, 1.165) is 38.5 Å². The molecule has 1 fully saturated rings. The number of hydrogen-bond donors (Lipinski definition) is 1. The lowest BCUT2D eigenvalue weighted by Crippen LogP contribution is -2.46. The van der Waals surface area contributed by atoms with Crippen molar-refractivity contribution < 1.29 is 14.3 Å². The van der Waals surface area contributed by atoms with Crippen LogP contribution in [0.15, 0.2) is 36.5 Å². The van der Waals surface area contributed by atoms with E-state index < -0.39 is 0 Å². The van der Waals surface area contributed by atoms with Crippen molar-refractivity contribution in [2.75, 3.05) is 57.2 Å². The Balaban J connectivity index is 1.68. The van der Waals surface area contributed by atoms with Crippen molar-refractivity contribution >= 4 is 17.4 Å². The summed E-state index contributed by atoms with van der Waals surface area (Å²) in [7, 11) is 3.14. The van der Waals surface area contributed by atoms with E-state index in [1.807, 2.05) is 6.07 Å². The van der Waals surface area contributed by atoms with E-state index in [9.17, 15) is 4.79 Å². The molecule has 144 valence electrons. The summed E-state index contributed by atoms with van der Waals surface area (Å²) in [4.78, 5) is 21.7. The van der Waals surface area contributed by atoms with Gasteiger partial charge >= 0.3 is 0 Å². The molecule has 2 heterocycles. The zero-order chi connectivity index (χ0) is 19.2. The lowest BCUT2D eigenvalue weighted by Gasteiger charge is -2.34. The Morgan fingerprint density at radius 1 is 1.11 bits per heavy atom. The van der Waals surface area contributed by atoms with Gasteiger partial charge in [-0.3, -0.25) is 4.79 Å². The van der Waals surface area contributed by atoms with Gasteiger partial charge in [0.25, 0.3) is 5.91 Å². The Hall–Kier alpha value is -2.80. The first-order chi connectivity index (χ1) is 13.1. The van der Waals surface area contributed by atoms with Crippen molar-refractivity contribution in [1.82, 2.24) is 9.88 Å². The average molecular weight is 370 g/mol. The first-order valence-electron chi connectivity index (χ1n) is 9.11. The number of ether oxygens (including phenoxy) is 2. The molecule has 1 aliphatic heterocycles. The van der Waals surface area contributed by atoms with Crippen LogP contribution in [0.25, 0.3) is 0 Å². The molecule has 0 atom stereocenters. The predicted octanol–water partition coefficient (Wildman–Crippen LogP) is 2.49. The van der Waals surface area contributed by atoms with Crippen LogP contribution >= 0.6 is 0 Å². The van der Waals surface area contributed by atoms with E-state index in [2.05, 4.69) is 27.0 Å². The highest BCUT2D eigenvalue weighted by molar-refractivity contribution is 6.05. The minimum Gasteiger partial charge on any atom is -0.497 e. The maximum absolute atomic E-state index is 12.6. The second-order valence-electron chi connectivity index (χ2n) is 6.35. The minimum absolute atomic E-state index is 0.239. The molecule has 1 aromatic carbocycles. The average Bonchev–Trinajstić information content (AvgIpc) is 2.73. The topological polar surface area (TPSA) is 66.9 Å². The van der Waals surface area contributed by atoms with Crippen molar-refractivity contribution in [3.8, 4) is 11.5 Å². The Labute approximate surface area is 159 Å². The highest BCUT2D eigenvalue weighted by atomic mass is 16.5. The van der Waals surface area contributed by atoms with Gasteiger partial charge in [0.1, 0.15) is 17.3 Å². The normalized spacial score (nSPS) is 14.7. The van der Waals surface area contributed by atoms with Crippen molar-refractivity contribution in [3.05, 3.63) is 42.1 Å². The van der Waals surface area contributed by atoms with Crippen molar-refractivity contribution in [1.29, 1.82) is 0 Å². The summed E-state index contributed by atoms with van der Waals surface area (Å²) in [6, 6.07) is 8.97. The summed E-state index contributed by atoms with van der Waals surface area (Å²) in [6.45, 7) is 7.24. The number of carbonyl (C=O) groups is 1. The van der Waals surface area contributed by atoms with E-state index in [1.165, 1.54) is 0 Å². The van der Waals surface area contributed by atoms with E-state index in [0.29, 0.717) is 22.7 Å². The number of piperazine rings is 1. The van der Waals surface area contributed by atoms with Crippen LogP contribution in [0.3, 0.4) is 0 Å². The van der Waals surface area contributed by atoms with Gasteiger partial charge < -0.3 is 24.6 Å². The number of amides is 1. The van der Waals surface area contributed by atoms with E-state index in [4.69, 9.17) is 9.47 Å². The summed E-state index contributed by atoms with van der Waals surface area (Å²) in [5.74, 6) is 1.88. The molecule has 2 aromatic rings. The maximum Gasteiger partial charge on any atom is 0.257 e. The third-order valence-corrected chi connectivity index (χ3v) is 4.81. The number of benzene rings is 1. The highest BCUT2D eigenvalue weighted by Gasteiger charge is 2.17. The highest BCUT2D eigenvalue weighted by Crippen LogP contribution is 2.29. The van der Waals surface area contributed by atoms with E-state index >= 15 is 0 Å². The molecule has 1 aromatic heterocycles. The number of likely N-dealkylation sites (N-methyl/N-ethyl adjacent to an activating group) is 1. The van der Waals surface area contributed by atoms with Crippen LogP contribution in [0.2, 0.25) is 0 Å². The molecule has 0 bridgehead atoms. The van der Waals surface area contributed by atoms with Crippen molar-refractivity contribution in [3.63, 3.8) is 0 Å². The molecule has 27 heavy (non-hydrogen) atoms. The zero-order valence-corrected chi connectivity index (χ0v) is 16.1. The minimum atomic E-state index is -0.239. The number of anilines is 2. The van der Waals surface area contributed by atoms with Gasteiger partial charge in [-0.05, 0) is 30.8 Å². The van der Waals surface area contributed by atoms with Gasteiger partial charge in [0, 0.05) is 38.4 Å². The van der Waals surface area contributed by atoms with Crippen LogP contribution in [-0.2, 0) is 0 Å². The molecule has 1 aliphatic rings. The number of methoxy groups -OCH3 is 2. The van der Waals surface area contributed by atoms with Crippen molar-refractivity contribution in [2.24, 2.45) is 0 Å². The van der Waals surface area contributed by atoms with Gasteiger partial charge in [0.05, 0.1) is 25.5 Å². The van der Waals surface area contributed by atoms with E-state index in [1.54, 1.807) is 44.7 Å². The van der Waals surface area contributed by atoms with Crippen LogP contribution in [-0.4, -0.2) is 62.7 Å². The molecule has 0 spiro atoms. The molecule has 0 saturated carbocycles. The first-order valence-corrected chi connectivity index (χ1v) is 9.11. The second-order valence-corrected chi connectivity index (χ2v) is 6.35. The van der Waals surface area contributed by atoms with Crippen LogP contribution in [0, 0.1) is 0 Å². The van der Waals surface area contributed by atoms with Gasteiger partial charge in [-0.2, -0.15) is 0 Å². The predicted molar refractivity (Wildman–Crippen MR) is 106 cm³/mol. The van der Waals surface area contributed by atoms with Crippen LogP contribution < -0.4 is 19.7 Å². The fraction of sp³-hybridized carbons (Fsp3) is 0.400. The SMILES string of the molecule is CCN1CCN(c2ccc(C(=O)Nc3cc(OC)ccc3OC)cn2)CC1. The van der Waals surface area contributed by atoms with Crippen molar-refractivity contribution in [2.45, 2.75) is 6.92 Å². The Kier molecular flexibility index (Phi) is 6.13. The summed E-state index contributed by atoms with van der Waals surface area (Å²) in [5, 5.41) is 2.86. The number of rotatable bonds is 6. The summed E-state index contributed by atoms with van der Waals surface area (Å²) < 4.78 is 10.5. The quantitative estimate of drug-likeness (QED) is 0.843. The molecule has 7 nitrogen and oxygen atoms in total. The number of nitrogens with one attached hydrogen (secondary N) is 1. The maximum atomic E-state index is 12.6. The van der Waals surface area contributed by atoms with Gasteiger partial charge in [-0.25, -0.2) is 4.98 Å². The Morgan fingerprint density at radius 2 is 1.89 bits per heavy atom. The largest absolute Gasteiger partial charge is 0.497 e. The van der Waals surface area contributed by atoms with Gasteiger partial charge in [0.15, 0.2) is 0 Å². The zero-order valence-electron chi connectivity index (χ0n) is 16.1. The van der Waals surface area contributed by atoms with Crippen LogP contribution in [0.1, 0.15) is 17.3 Å². The standard InChI is InChI=1S/C20H26N4O3/c1-4-23-9-11-24(12-10-23)19-8-5-15(14-21-19)20(25)22-17-13-16(26-2)6-7-18(17)27-3/h5-8,13-14H,4,9-12H2,1-3H3,(H,22,25). The smallest absolute Gasteiger partial charge is 0.257 e. The molecule has 0 radical (unpaired) electrons. The fourth-order valence-corrected chi connectivity index (χ4v) is 3.11. The number of nitrogens with zero attached hydrogens (tertiary/aromatic N) is 3. The summed E-state index contributed by atoms with van der Waals surface area (Å²) >= 11 is 0. The van der Waals surface area contributed by atoms with E-state index in [-0.39, 0.29) is 5.91 Å². The van der Waals surface area contributed by atoms with Gasteiger partial charge in [-0.15, -0.1) is 0 Å². The lowest BCUT2D eigenvalue weighted by atomic mass is 10.2. The Morgan fingerprint density at radius 3 is 2.48 bits per heavy atom. The van der Waals surface area contributed by atoms with Crippen LogP contribution in [0.4, 0.5) is 11.5 Å². The summed E-state index contributed by atoms with van der Waals surface area (Å²) in [6.07, 6.45) is 1.61. The first kappa shape index (κ1) is 19.0. The number of hydrogen-bond acceptors (Lipinski definition) is 6. The third kappa shape index (κ3) is 4.49.